The fourth-order valence-electron chi connectivity index (χ4n) is 1.37. The van der Waals surface area contributed by atoms with Gasteiger partial charge in [-0.3, -0.25) is 4.79 Å². The summed E-state index contributed by atoms with van der Waals surface area (Å²) in [5.74, 6) is 1.33. The van der Waals surface area contributed by atoms with Gasteiger partial charge in [-0.2, -0.15) is 0 Å². The summed E-state index contributed by atoms with van der Waals surface area (Å²) < 4.78 is 0. The van der Waals surface area contributed by atoms with Crippen LogP contribution in [0.4, 0.5) is 5.82 Å². The summed E-state index contributed by atoms with van der Waals surface area (Å²) in [6.07, 6.45) is 3.72. The number of nitrogens with zero attached hydrogens (tertiary/aromatic N) is 1. The number of anilines is 1. The second kappa shape index (κ2) is 5.49. The van der Waals surface area contributed by atoms with Gasteiger partial charge in [0.05, 0.1) is 0 Å². The third kappa shape index (κ3) is 4.58. The van der Waals surface area contributed by atoms with E-state index in [-0.39, 0.29) is 5.78 Å². The Labute approximate surface area is 90.7 Å². The van der Waals surface area contributed by atoms with Gasteiger partial charge in [0.15, 0.2) is 0 Å². The lowest BCUT2D eigenvalue weighted by atomic mass is 10.0. The molecule has 0 aliphatic heterocycles. The second-order valence-electron chi connectivity index (χ2n) is 4.24. The number of hydrogen-bond donors (Lipinski definition) is 1. The van der Waals surface area contributed by atoms with E-state index in [0.29, 0.717) is 24.6 Å². The van der Waals surface area contributed by atoms with Crippen LogP contribution in [0.5, 0.6) is 0 Å². The Morgan fingerprint density at radius 2 is 2.27 bits per heavy atom. The highest BCUT2D eigenvalue weighted by Crippen LogP contribution is 2.09. The molecule has 1 aromatic heterocycles. The average Bonchev–Trinajstić information content (AvgIpc) is 2.15. The van der Waals surface area contributed by atoms with Gasteiger partial charge in [-0.05, 0) is 30.0 Å². The van der Waals surface area contributed by atoms with Crippen molar-refractivity contribution < 1.29 is 4.79 Å². The van der Waals surface area contributed by atoms with Crippen LogP contribution in [0.15, 0.2) is 18.3 Å². The first-order chi connectivity index (χ1) is 7.08. The highest BCUT2D eigenvalue weighted by atomic mass is 16.1. The normalized spacial score (nSPS) is 10.6. The van der Waals surface area contributed by atoms with Gasteiger partial charge in [-0.1, -0.05) is 13.8 Å². The SMILES string of the molecule is CC(C)CCC(=O)Cc1ccnc(N)c1. The monoisotopic (exact) mass is 206 g/mol. The summed E-state index contributed by atoms with van der Waals surface area (Å²) in [6.45, 7) is 4.25. The van der Waals surface area contributed by atoms with Crippen LogP contribution in [0.2, 0.25) is 0 Å². The minimum absolute atomic E-state index is 0.273. The fourth-order valence-corrected chi connectivity index (χ4v) is 1.37. The number of carbonyl (C=O) groups is 1. The van der Waals surface area contributed by atoms with Gasteiger partial charge >= 0.3 is 0 Å². The predicted molar refractivity (Wildman–Crippen MR) is 61.4 cm³/mol. The lowest BCUT2D eigenvalue weighted by Crippen LogP contribution is -2.05. The maximum Gasteiger partial charge on any atom is 0.137 e. The van der Waals surface area contributed by atoms with E-state index in [1.54, 1.807) is 12.3 Å². The molecule has 0 radical (unpaired) electrons. The second-order valence-corrected chi connectivity index (χ2v) is 4.24. The van der Waals surface area contributed by atoms with Gasteiger partial charge in [0, 0.05) is 19.0 Å². The van der Waals surface area contributed by atoms with Crippen molar-refractivity contribution in [3.05, 3.63) is 23.9 Å². The van der Waals surface area contributed by atoms with E-state index in [4.69, 9.17) is 5.73 Å². The van der Waals surface area contributed by atoms with Crippen LogP contribution in [-0.4, -0.2) is 10.8 Å². The zero-order valence-electron chi connectivity index (χ0n) is 9.36. The molecule has 0 spiro atoms. The largest absolute Gasteiger partial charge is 0.384 e. The molecule has 0 unspecified atom stereocenters. The van der Waals surface area contributed by atoms with Crippen LogP contribution in [0, 0.1) is 5.92 Å². The number of aromatic nitrogens is 1. The molecular formula is C12H18N2O. The third-order valence-electron chi connectivity index (χ3n) is 2.25. The number of Topliss-reactive ketones (excluding diaryl/α,β-unsaturated/α-hetero) is 1. The molecule has 1 heterocycles. The molecular weight excluding hydrogens is 188 g/mol. The molecule has 0 aromatic carbocycles. The molecule has 1 rings (SSSR count). The van der Waals surface area contributed by atoms with Crippen molar-refractivity contribution in [2.45, 2.75) is 33.1 Å². The lowest BCUT2D eigenvalue weighted by molar-refractivity contribution is -0.118. The molecule has 15 heavy (non-hydrogen) atoms. The van der Waals surface area contributed by atoms with Crippen molar-refractivity contribution >= 4 is 11.6 Å². The summed E-state index contributed by atoms with van der Waals surface area (Å²) in [7, 11) is 0. The van der Waals surface area contributed by atoms with E-state index in [1.807, 2.05) is 6.07 Å². The zero-order valence-corrected chi connectivity index (χ0v) is 9.36. The number of pyridine rings is 1. The van der Waals surface area contributed by atoms with E-state index < -0.39 is 0 Å². The molecule has 82 valence electrons. The Bertz CT molecular complexity index is 334. The Kier molecular flexibility index (Phi) is 4.28. The van der Waals surface area contributed by atoms with Crippen molar-refractivity contribution in [3.63, 3.8) is 0 Å². The summed E-state index contributed by atoms with van der Waals surface area (Å²) in [5, 5.41) is 0. The molecule has 0 amide bonds. The number of hydrogen-bond acceptors (Lipinski definition) is 3. The topological polar surface area (TPSA) is 56.0 Å². The Hall–Kier alpha value is -1.38. The van der Waals surface area contributed by atoms with Crippen LogP contribution in [0.25, 0.3) is 0 Å². The fraction of sp³-hybridized carbons (Fsp3) is 0.500. The quantitative estimate of drug-likeness (QED) is 0.803. The van der Waals surface area contributed by atoms with E-state index >= 15 is 0 Å². The van der Waals surface area contributed by atoms with Crippen molar-refractivity contribution in [3.8, 4) is 0 Å². The molecule has 0 fully saturated rings. The first kappa shape index (κ1) is 11.7. The Balaban J connectivity index is 2.44. The highest BCUT2D eigenvalue weighted by molar-refractivity contribution is 5.80. The summed E-state index contributed by atoms with van der Waals surface area (Å²) >= 11 is 0. The Morgan fingerprint density at radius 1 is 1.53 bits per heavy atom. The number of ketones is 1. The minimum Gasteiger partial charge on any atom is -0.384 e. The molecule has 2 N–H and O–H groups in total. The minimum atomic E-state index is 0.273. The molecule has 0 aliphatic rings. The summed E-state index contributed by atoms with van der Waals surface area (Å²) in [6, 6.07) is 3.59. The maximum absolute atomic E-state index is 11.6. The molecule has 0 bridgehead atoms. The van der Waals surface area contributed by atoms with Gasteiger partial charge in [0.1, 0.15) is 11.6 Å². The number of carbonyl (C=O) groups excluding carboxylic acids is 1. The molecule has 0 saturated carbocycles. The Morgan fingerprint density at radius 3 is 2.87 bits per heavy atom. The van der Waals surface area contributed by atoms with Crippen LogP contribution in [0.1, 0.15) is 32.3 Å². The smallest absolute Gasteiger partial charge is 0.137 e. The van der Waals surface area contributed by atoms with Crippen LogP contribution < -0.4 is 5.73 Å². The number of nitrogen functional groups attached to an aromatic ring is 1. The van der Waals surface area contributed by atoms with Crippen molar-refractivity contribution in [1.29, 1.82) is 0 Å². The van der Waals surface area contributed by atoms with Gasteiger partial charge < -0.3 is 5.73 Å². The first-order valence-corrected chi connectivity index (χ1v) is 5.30. The number of rotatable bonds is 5. The van der Waals surface area contributed by atoms with Gasteiger partial charge in [0.25, 0.3) is 0 Å². The van der Waals surface area contributed by atoms with Crippen LogP contribution in [0.3, 0.4) is 0 Å². The third-order valence-corrected chi connectivity index (χ3v) is 2.25. The van der Waals surface area contributed by atoms with E-state index in [2.05, 4.69) is 18.8 Å². The lowest BCUT2D eigenvalue weighted by Gasteiger charge is -2.04. The summed E-state index contributed by atoms with van der Waals surface area (Å²) in [5.41, 5.74) is 6.49. The van der Waals surface area contributed by atoms with Crippen LogP contribution in [-0.2, 0) is 11.2 Å². The van der Waals surface area contributed by atoms with Crippen molar-refractivity contribution in [2.75, 3.05) is 5.73 Å². The standard InChI is InChI=1S/C12H18N2O/c1-9(2)3-4-11(15)7-10-5-6-14-12(13)8-10/h5-6,8-9H,3-4,7H2,1-2H3,(H2,13,14). The van der Waals surface area contributed by atoms with E-state index in [0.717, 1.165) is 12.0 Å². The molecule has 1 aromatic rings. The zero-order chi connectivity index (χ0) is 11.3. The molecule has 0 saturated heterocycles. The van der Waals surface area contributed by atoms with Gasteiger partial charge in [-0.15, -0.1) is 0 Å². The summed E-state index contributed by atoms with van der Waals surface area (Å²) in [4.78, 5) is 15.5. The first-order valence-electron chi connectivity index (χ1n) is 5.30. The van der Waals surface area contributed by atoms with E-state index in [1.165, 1.54) is 0 Å². The molecule has 3 heteroatoms. The van der Waals surface area contributed by atoms with Gasteiger partial charge in [0.2, 0.25) is 0 Å². The average molecular weight is 206 g/mol. The van der Waals surface area contributed by atoms with Crippen molar-refractivity contribution in [2.24, 2.45) is 5.92 Å². The predicted octanol–water partition coefficient (Wildman–Crippen LogP) is 2.21. The molecule has 0 atom stereocenters. The van der Waals surface area contributed by atoms with Crippen LogP contribution >= 0.6 is 0 Å². The molecule has 0 aliphatic carbocycles. The number of nitrogens with two attached hydrogens (primary N) is 1. The highest BCUT2D eigenvalue weighted by Gasteiger charge is 2.05. The maximum atomic E-state index is 11.6. The van der Waals surface area contributed by atoms with Crippen molar-refractivity contribution in [1.82, 2.24) is 4.98 Å². The van der Waals surface area contributed by atoms with E-state index in [9.17, 15) is 4.79 Å². The molecule has 3 nitrogen and oxygen atoms in total. The van der Waals surface area contributed by atoms with Gasteiger partial charge in [-0.25, -0.2) is 4.98 Å².